The van der Waals surface area contributed by atoms with Crippen molar-refractivity contribution in [2.24, 2.45) is 0 Å². The number of benzene rings is 1. The van der Waals surface area contributed by atoms with E-state index in [0.29, 0.717) is 24.5 Å². The fourth-order valence-electron chi connectivity index (χ4n) is 2.98. The smallest absolute Gasteiger partial charge is 0.409 e. The van der Waals surface area contributed by atoms with Crippen molar-refractivity contribution in [2.45, 2.75) is 31.8 Å². The van der Waals surface area contributed by atoms with Crippen LogP contribution in [0.1, 0.15) is 19.3 Å². The van der Waals surface area contributed by atoms with Crippen LogP contribution in [0.4, 0.5) is 9.18 Å². The van der Waals surface area contributed by atoms with E-state index in [2.05, 4.69) is 20.7 Å². The number of aromatic nitrogens is 4. The van der Waals surface area contributed by atoms with Crippen molar-refractivity contribution in [1.82, 2.24) is 30.4 Å². The predicted octanol–water partition coefficient (Wildman–Crippen LogP) is 1.22. The number of tetrazole rings is 1. The van der Waals surface area contributed by atoms with E-state index < -0.39 is 6.09 Å². The largest absolute Gasteiger partial charge is 0.453 e. The first kappa shape index (κ1) is 18.7. The average molecular weight is 376 g/mol. The molecule has 1 aromatic heterocycles. The molecule has 1 aromatic carbocycles. The molecule has 2 aromatic rings. The molecule has 1 aliphatic rings. The summed E-state index contributed by atoms with van der Waals surface area (Å²) < 4.78 is 17.7. The first-order chi connectivity index (χ1) is 13.0. The first-order valence-electron chi connectivity index (χ1n) is 8.71. The van der Waals surface area contributed by atoms with Crippen LogP contribution in [-0.4, -0.2) is 63.3 Å². The molecule has 10 heteroatoms. The van der Waals surface area contributed by atoms with Crippen LogP contribution < -0.4 is 5.32 Å². The van der Waals surface area contributed by atoms with Gasteiger partial charge >= 0.3 is 6.09 Å². The SMILES string of the molecule is COC(=O)N1CCCC[C@@H](NC(=O)Cn2nnc(-c3ccc(F)cc3)n2)C1. The number of hydrogen-bond acceptors (Lipinski definition) is 6. The van der Waals surface area contributed by atoms with Gasteiger partial charge in [0.1, 0.15) is 12.4 Å². The van der Waals surface area contributed by atoms with Gasteiger partial charge in [0, 0.05) is 24.7 Å². The highest BCUT2D eigenvalue weighted by Gasteiger charge is 2.24. The molecule has 144 valence electrons. The number of amides is 2. The van der Waals surface area contributed by atoms with Gasteiger partial charge in [-0.2, -0.15) is 4.80 Å². The maximum Gasteiger partial charge on any atom is 0.409 e. The Morgan fingerprint density at radius 2 is 2.07 bits per heavy atom. The number of carbonyl (C=O) groups is 2. The number of ether oxygens (including phenoxy) is 1. The highest BCUT2D eigenvalue weighted by molar-refractivity contribution is 5.76. The standard InChI is InChI=1S/C17H21FN6O3/c1-27-17(26)23-9-3-2-4-14(10-23)19-15(25)11-24-21-16(20-22-24)12-5-7-13(18)8-6-12/h5-8,14H,2-4,9-11H2,1H3,(H,19,25)/t14-/m1/s1. The summed E-state index contributed by atoms with van der Waals surface area (Å²) in [7, 11) is 1.34. The normalized spacial score (nSPS) is 17.3. The van der Waals surface area contributed by atoms with E-state index >= 15 is 0 Å². The van der Waals surface area contributed by atoms with Crippen molar-refractivity contribution in [1.29, 1.82) is 0 Å². The van der Waals surface area contributed by atoms with Gasteiger partial charge in [-0.1, -0.05) is 0 Å². The second-order valence-electron chi connectivity index (χ2n) is 6.33. The Balaban J connectivity index is 1.57. The minimum Gasteiger partial charge on any atom is -0.453 e. The highest BCUT2D eigenvalue weighted by Crippen LogP contribution is 2.14. The molecule has 9 nitrogen and oxygen atoms in total. The van der Waals surface area contributed by atoms with Gasteiger partial charge in [-0.05, 0) is 48.7 Å². The Morgan fingerprint density at radius 1 is 1.30 bits per heavy atom. The van der Waals surface area contributed by atoms with Gasteiger partial charge in [0.2, 0.25) is 11.7 Å². The van der Waals surface area contributed by atoms with Crippen LogP contribution in [-0.2, 0) is 16.1 Å². The highest BCUT2D eigenvalue weighted by atomic mass is 19.1. The number of carbonyl (C=O) groups excluding carboxylic acids is 2. The zero-order valence-corrected chi connectivity index (χ0v) is 15.0. The molecule has 2 amide bonds. The van der Waals surface area contributed by atoms with Crippen LogP contribution in [0.5, 0.6) is 0 Å². The fraction of sp³-hybridized carbons (Fsp3) is 0.471. The third-order valence-corrected chi connectivity index (χ3v) is 4.31. The van der Waals surface area contributed by atoms with Gasteiger partial charge in [0.15, 0.2) is 0 Å². The van der Waals surface area contributed by atoms with Crippen molar-refractivity contribution in [3.05, 3.63) is 30.1 Å². The number of halogens is 1. The van der Waals surface area contributed by atoms with Crippen molar-refractivity contribution in [3.8, 4) is 11.4 Å². The number of hydrogen-bond donors (Lipinski definition) is 1. The van der Waals surface area contributed by atoms with Crippen molar-refractivity contribution in [3.63, 3.8) is 0 Å². The van der Waals surface area contributed by atoms with Gasteiger partial charge in [-0.15, -0.1) is 10.2 Å². The minimum atomic E-state index is -0.391. The van der Waals surface area contributed by atoms with Crippen LogP contribution in [0.25, 0.3) is 11.4 Å². The molecule has 0 spiro atoms. The monoisotopic (exact) mass is 376 g/mol. The van der Waals surface area contributed by atoms with Crippen LogP contribution in [0.3, 0.4) is 0 Å². The molecular weight excluding hydrogens is 355 g/mol. The van der Waals surface area contributed by atoms with Crippen LogP contribution in [0, 0.1) is 5.82 Å². The van der Waals surface area contributed by atoms with Crippen molar-refractivity contribution < 1.29 is 18.7 Å². The molecule has 27 heavy (non-hydrogen) atoms. The van der Waals surface area contributed by atoms with Crippen LogP contribution in [0.2, 0.25) is 0 Å². The summed E-state index contributed by atoms with van der Waals surface area (Å²) in [5.41, 5.74) is 0.612. The van der Waals surface area contributed by atoms with E-state index in [-0.39, 0.29) is 24.3 Å². The van der Waals surface area contributed by atoms with Gasteiger partial charge in [0.25, 0.3) is 0 Å². The molecule has 1 saturated heterocycles. The van der Waals surface area contributed by atoms with E-state index in [0.717, 1.165) is 19.3 Å². The Morgan fingerprint density at radius 3 is 2.81 bits per heavy atom. The first-order valence-corrected chi connectivity index (χ1v) is 8.71. The number of methoxy groups -OCH3 is 1. The lowest BCUT2D eigenvalue weighted by Crippen LogP contribution is -2.45. The third-order valence-electron chi connectivity index (χ3n) is 4.31. The van der Waals surface area contributed by atoms with E-state index in [1.165, 1.54) is 24.0 Å². The van der Waals surface area contributed by atoms with Gasteiger partial charge < -0.3 is 15.0 Å². The fourth-order valence-corrected chi connectivity index (χ4v) is 2.98. The summed E-state index contributed by atoms with van der Waals surface area (Å²) in [6, 6.07) is 5.55. The summed E-state index contributed by atoms with van der Waals surface area (Å²) in [6.45, 7) is 0.928. The maximum atomic E-state index is 13.0. The lowest BCUT2D eigenvalue weighted by molar-refractivity contribution is -0.122. The van der Waals surface area contributed by atoms with E-state index in [1.54, 1.807) is 17.0 Å². The molecule has 0 aliphatic carbocycles. The van der Waals surface area contributed by atoms with Gasteiger partial charge in [0.05, 0.1) is 7.11 Å². The topological polar surface area (TPSA) is 102 Å². The molecule has 1 aliphatic heterocycles. The molecule has 2 heterocycles. The summed E-state index contributed by atoms with van der Waals surface area (Å²) in [5, 5.41) is 14.8. The molecule has 0 bridgehead atoms. The van der Waals surface area contributed by atoms with E-state index in [1.807, 2.05) is 0 Å². The predicted molar refractivity (Wildman–Crippen MR) is 93.0 cm³/mol. The minimum absolute atomic E-state index is 0.0943. The molecule has 0 radical (unpaired) electrons. The van der Waals surface area contributed by atoms with Crippen molar-refractivity contribution >= 4 is 12.0 Å². The summed E-state index contributed by atoms with van der Waals surface area (Å²) in [6.07, 6.45) is 2.17. The average Bonchev–Trinajstić information content (AvgIpc) is 2.99. The van der Waals surface area contributed by atoms with Crippen LogP contribution in [0.15, 0.2) is 24.3 Å². The van der Waals surface area contributed by atoms with Gasteiger partial charge in [-0.3, -0.25) is 4.79 Å². The second kappa shape index (κ2) is 8.56. The molecule has 0 saturated carbocycles. The summed E-state index contributed by atoms with van der Waals surface area (Å²) >= 11 is 0. The number of rotatable bonds is 4. The maximum absolute atomic E-state index is 13.0. The lowest BCUT2D eigenvalue weighted by atomic mass is 10.1. The number of nitrogens with zero attached hydrogens (tertiary/aromatic N) is 5. The van der Waals surface area contributed by atoms with Crippen molar-refractivity contribution in [2.75, 3.05) is 20.2 Å². The van der Waals surface area contributed by atoms with E-state index in [4.69, 9.17) is 4.74 Å². The summed E-state index contributed by atoms with van der Waals surface area (Å²) in [4.78, 5) is 26.8. The molecule has 3 rings (SSSR count). The molecule has 0 unspecified atom stereocenters. The van der Waals surface area contributed by atoms with Gasteiger partial charge in [-0.25, -0.2) is 9.18 Å². The molecular formula is C17H21FN6O3. The lowest BCUT2D eigenvalue weighted by Gasteiger charge is -2.23. The second-order valence-corrected chi connectivity index (χ2v) is 6.33. The molecule has 1 atom stereocenters. The quantitative estimate of drug-likeness (QED) is 0.861. The Bertz CT molecular complexity index is 794. The Labute approximate surface area is 155 Å². The Kier molecular flexibility index (Phi) is 5.94. The molecule has 1 fully saturated rings. The third kappa shape index (κ3) is 4.99. The van der Waals surface area contributed by atoms with Crippen LogP contribution >= 0.6 is 0 Å². The van der Waals surface area contributed by atoms with E-state index in [9.17, 15) is 14.0 Å². The Hall–Kier alpha value is -3.04. The zero-order chi connectivity index (χ0) is 19.2. The zero-order valence-electron chi connectivity index (χ0n) is 15.0. The molecule has 1 N–H and O–H groups in total. The summed E-state index contributed by atoms with van der Waals surface area (Å²) in [5.74, 6) is -0.307. The number of likely N-dealkylation sites (tertiary alicyclic amines) is 1. The number of nitrogens with one attached hydrogen (secondary N) is 1.